The van der Waals surface area contributed by atoms with Gasteiger partial charge in [-0.2, -0.15) is 0 Å². The van der Waals surface area contributed by atoms with E-state index in [4.69, 9.17) is 13.9 Å². The molecule has 0 saturated carbocycles. The third-order valence-electron chi connectivity index (χ3n) is 2.89. The zero-order valence-electron chi connectivity index (χ0n) is 14.6. The van der Waals surface area contributed by atoms with Crippen LogP contribution in [0.5, 0.6) is 0 Å². The molecule has 0 spiro atoms. The van der Waals surface area contributed by atoms with Crippen molar-refractivity contribution in [2.75, 3.05) is 40.5 Å². The summed E-state index contributed by atoms with van der Waals surface area (Å²) in [6.07, 6.45) is 1.77. The number of oxazole rings is 1. The first kappa shape index (κ1) is 22.1. The molecule has 0 amide bonds. The van der Waals surface area contributed by atoms with Crippen LogP contribution in [0, 0.1) is 0 Å². The number of rotatable bonds is 8. The van der Waals surface area contributed by atoms with Gasteiger partial charge in [-0.3, -0.25) is 4.99 Å². The molecular formula is C15H29IN4O3. The SMILES string of the molecule is CN=C(NCCOCCOC)NCc1ncc(C(C)(C)C)o1.I. The molecule has 0 aliphatic rings. The van der Waals surface area contributed by atoms with Crippen LogP contribution in [0.3, 0.4) is 0 Å². The summed E-state index contributed by atoms with van der Waals surface area (Å²) >= 11 is 0. The average Bonchev–Trinajstić information content (AvgIpc) is 2.95. The highest BCUT2D eigenvalue weighted by Crippen LogP contribution is 2.22. The fourth-order valence-electron chi connectivity index (χ4n) is 1.60. The molecule has 2 N–H and O–H groups in total. The molecule has 0 aliphatic carbocycles. The number of nitrogens with one attached hydrogen (secondary N) is 2. The third kappa shape index (κ3) is 9.11. The number of aliphatic imine (C=N–C) groups is 1. The van der Waals surface area contributed by atoms with Crippen molar-refractivity contribution in [1.82, 2.24) is 15.6 Å². The van der Waals surface area contributed by atoms with Crippen molar-refractivity contribution < 1.29 is 13.9 Å². The Morgan fingerprint density at radius 2 is 2.00 bits per heavy atom. The second kappa shape index (κ2) is 11.6. The third-order valence-corrected chi connectivity index (χ3v) is 2.89. The van der Waals surface area contributed by atoms with Crippen LogP contribution >= 0.6 is 24.0 Å². The van der Waals surface area contributed by atoms with E-state index in [2.05, 4.69) is 41.4 Å². The number of hydrogen-bond acceptors (Lipinski definition) is 5. The van der Waals surface area contributed by atoms with Gasteiger partial charge in [-0.05, 0) is 0 Å². The molecule has 1 heterocycles. The molecule has 8 heteroatoms. The van der Waals surface area contributed by atoms with Crippen molar-refractivity contribution in [1.29, 1.82) is 0 Å². The number of aromatic nitrogens is 1. The molecule has 0 radical (unpaired) electrons. The lowest BCUT2D eigenvalue weighted by Crippen LogP contribution is -2.38. The summed E-state index contributed by atoms with van der Waals surface area (Å²) < 4.78 is 16.0. The Balaban J connectivity index is 0.00000484. The van der Waals surface area contributed by atoms with Gasteiger partial charge in [0.1, 0.15) is 5.76 Å². The van der Waals surface area contributed by atoms with Crippen LogP contribution in [0.4, 0.5) is 0 Å². The standard InChI is InChI=1S/C15H28N4O3.HI/c1-15(2,3)12-10-18-13(22-12)11-19-14(16-4)17-6-7-21-9-8-20-5;/h10H,6-9,11H2,1-5H3,(H2,16,17,19);1H. The summed E-state index contributed by atoms with van der Waals surface area (Å²) in [6.45, 7) is 9.22. The molecule has 0 atom stereocenters. The lowest BCUT2D eigenvalue weighted by Gasteiger charge is -2.13. The van der Waals surface area contributed by atoms with Gasteiger partial charge in [0.25, 0.3) is 0 Å². The van der Waals surface area contributed by atoms with Crippen molar-refractivity contribution >= 4 is 29.9 Å². The van der Waals surface area contributed by atoms with Gasteiger partial charge in [-0.25, -0.2) is 4.98 Å². The van der Waals surface area contributed by atoms with Crippen molar-refractivity contribution in [3.63, 3.8) is 0 Å². The highest BCUT2D eigenvalue weighted by Gasteiger charge is 2.19. The maximum atomic E-state index is 5.72. The van der Waals surface area contributed by atoms with Crippen LogP contribution in [-0.4, -0.2) is 51.5 Å². The smallest absolute Gasteiger partial charge is 0.213 e. The van der Waals surface area contributed by atoms with E-state index in [-0.39, 0.29) is 29.4 Å². The second-order valence-electron chi connectivity index (χ2n) is 5.83. The van der Waals surface area contributed by atoms with Crippen LogP contribution in [0.15, 0.2) is 15.6 Å². The van der Waals surface area contributed by atoms with Gasteiger partial charge in [0.2, 0.25) is 5.89 Å². The molecule has 1 aromatic heterocycles. The van der Waals surface area contributed by atoms with Crippen LogP contribution in [0.1, 0.15) is 32.4 Å². The van der Waals surface area contributed by atoms with E-state index in [0.717, 1.165) is 5.76 Å². The van der Waals surface area contributed by atoms with Crippen LogP contribution in [0.2, 0.25) is 0 Å². The summed E-state index contributed by atoms with van der Waals surface area (Å²) in [5.74, 6) is 2.20. The van der Waals surface area contributed by atoms with Gasteiger partial charge in [-0.1, -0.05) is 20.8 Å². The minimum Gasteiger partial charge on any atom is -0.443 e. The van der Waals surface area contributed by atoms with Gasteiger partial charge in [-0.15, -0.1) is 24.0 Å². The largest absolute Gasteiger partial charge is 0.443 e. The van der Waals surface area contributed by atoms with Gasteiger partial charge >= 0.3 is 0 Å². The first-order chi connectivity index (χ1) is 10.5. The molecule has 7 nitrogen and oxygen atoms in total. The molecule has 1 rings (SSSR count). The number of methoxy groups -OCH3 is 1. The highest BCUT2D eigenvalue weighted by molar-refractivity contribution is 14.0. The van der Waals surface area contributed by atoms with Crippen molar-refractivity contribution in [3.05, 3.63) is 17.8 Å². The van der Waals surface area contributed by atoms with Gasteiger partial charge in [0.05, 0.1) is 32.6 Å². The van der Waals surface area contributed by atoms with Gasteiger partial charge in [0.15, 0.2) is 5.96 Å². The Labute approximate surface area is 155 Å². The molecule has 0 aliphatic heterocycles. The minimum absolute atomic E-state index is 0. The Hall–Kier alpha value is -0.870. The summed E-state index contributed by atoms with van der Waals surface area (Å²) in [5.41, 5.74) is -0.0370. The van der Waals surface area contributed by atoms with E-state index in [1.54, 1.807) is 20.4 Å². The quantitative estimate of drug-likeness (QED) is 0.278. The van der Waals surface area contributed by atoms with E-state index in [1.165, 1.54) is 0 Å². The van der Waals surface area contributed by atoms with Crippen LogP contribution in [-0.2, 0) is 21.4 Å². The molecule has 0 unspecified atom stereocenters. The van der Waals surface area contributed by atoms with Crippen molar-refractivity contribution in [2.45, 2.75) is 32.7 Å². The molecule has 0 aromatic carbocycles. The van der Waals surface area contributed by atoms with Gasteiger partial charge in [0, 0.05) is 26.1 Å². The normalized spacial score (nSPS) is 12.0. The van der Waals surface area contributed by atoms with E-state index < -0.39 is 0 Å². The maximum absolute atomic E-state index is 5.72. The molecule has 0 bridgehead atoms. The molecule has 1 aromatic rings. The Morgan fingerprint density at radius 1 is 1.26 bits per heavy atom. The fraction of sp³-hybridized carbons (Fsp3) is 0.733. The Kier molecular flexibility index (Phi) is 11.2. The molecule has 134 valence electrons. The van der Waals surface area contributed by atoms with E-state index in [9.17, 15) is 0 Å². The zero-order valence-corrected chi connectivity index (χ0v) is 17.0. The van der Waals surface area contributed by atoms with Gasteiger partial charge < -0.3 is 24.5 Å². The fourth-order valence-corrected chi connectivity index (χ4v) is 1.60. The number of nitrogens with zero attached hydrogens (tertiary/aromatic N) is 2. The first-order valence-corrected chi connectivity index (χ1v) is 7.43. The maximum Gasteiger partial charge on any atom is 0.213 e. The second-order valence-corrected chi connectivity index (χ2v) is 5.83. The lowest BCUT2D eigenvalue weighted by molar-refractivity contribution is 0.0733. The predicted molar refractivity (Wildman–Crippen MR) is 102 cm³/mol. The highest BCUT2D eigenvalue weighted by atomic mass is 127. The van der Waals surface area contributed by atoms with Crippen molar-refractivity contribution in [3.8, 4) is 0 Å². The summed E-state index contributed by atoms with van der Waals surface area (Å²) in [5, 5.41) is 6.31. The number of hydrogen-bond donors (Lipinski definition) is 2. The minimum atomic E-state index is -0.0370. The number of halogens is 1. The number of ether oxygens (including phenoxy) is 2. The van der Waals surface area contributed by atoms with Crippen LogP contribution < -0.4 is 10.6 Å². The monoisotopic (exact) mass is 440 g/mol. The molecule has 0 fully saturated rings. The summed E-state index contributed by atoms with van der Waals surface area (Å²) in [7, 11) is 3.37. The topological polar surface area (TPSA) is 80.9 Å². The molecule has 23 heavy (non-hydrogen) atoms. The van der Waals surface area contributed by atoms with E-state index in [1.807, 2.05) is 0 Å². The summed E-state index contributed by atoms with van der Waals surface area (Å²) in [4.78, 5) is 8.41. The molecular weight excluding hydrogens is 411 g/mol. The Bertz CT molecular complexity index is 458. The van der Waals surface area contributed by atoms with E-state index in [0.29, 0.717) is 44.8 Å². The number of guanidine groups is 1. The first-order valence-electron chi connectivity index (χ1n) is 7.43. The van der Waals surface area contributed by atoms with E-state index >= 15 is 0 Å². The Morgan fingerprint density at radius 3 is 2.57 bits per heavy atom. The van der Waals surface area contributed by atoms with Crippen LogP contribution in [0.25, 0.3) is 0 Å². The lowest BCUT2D eigenvalue weighted by atomic mass is 9.94. The average molecular weight is 440 g/mol. The zero-order chi connectivity index (χ0) is 16.4. The summed E-state index contributed by atoms with van der Waals surface area (Å²) in [6, 6.07) is 0. The molecule has 0 saturated heterocycles. The van der Waals surface area contributed by atoms with Crippen molar-refractivity contribution in [2.24, 2.45) is 4.99 Å². The predicted octanol–water partition coefficient (Wildman–Crippen LogP) is 1.92.